The molecule has 15 heteroatoms. The van der Waals surface area contributed by atoms with Gasteiger partial charge in [0, 0.05) is 29.5 Å². The van der Waals surface area contributed by atoms with Crippen molar-refractivity contribution >= 4 is 39.3 Å². The van der Waals surface area contributed by atoms with Gasteiger partial charge in [0.2, 0.25) is 11.5 Å². The molecule has 0 aromatic heterocycles. The first kappa shape index (κ1) is 55.6. The molecule has 6 rings (SSSR count). The smallest absolute Gasteiger partial charge is 0.250 e. The largest absolute Gasteiger partial charge is 0.541 e. The second-order valence-corrected chi connectivity index (χ2v) is 29.9. The molecule has 384 valence electrons. The Morgan fingerprint density at radius 2 is 0.901 bits per heavy atom. The zero-order valence-corrected chi connectivity index (χ0v) is 47.2. The Bertz CT molecular complexity index is 2750. The summed E-state index contributed by atoms with van der Waals surface area (Å²) in [4.78, 5) is 25.3. The quantitative estimate of drug-likeness (QED) is 0.113. The van der Waals surface area contributed by atoms with Gasteiger partial charge in [-0.3, -0.25) is 9.59 Å². The number of aliphatic hydroxyl groups excluding tert-OH is 1. The fourth-order valence-electron chi connectivity index (χ4n) is 7.95. The molecule has 0 spiro atoms. The van der Waals surface area contributed by atoms with E-state index < -0.39 is 16.6 Å². The first-order valence-corrected chi connectivity index (χ1v) is 29.4. The molecule has 0 amide bonds. The maximum Gasteiger partial charge on any atom is 0.250 e. The van der Waals surface area contributed by atoms with Crippen LogP contribution in [0.2, 0.25) is 36.3 Å². The Morgan fingerprint density at radius 1 is 0.507 bits per heavy atom. The zero-order chi connectivity index (χ0) is 53.0. The standard InChI is InChI=1S/C29H38O7Si.C27H36O6Si/c1-17(30)19-14-22-21(16-26(33-6)28(35-8)27(22)34-7)20(15-23(19)31)18-11-12-24(32-5)25(13-18)36-37(9,10)29(2,3)4;1-27(2,3)34(8,9)33-23-14-17(10-13-22(23)29-4)20-15-18(28)11-12-19-21(20)16-24(30-5)26(32-7)25(19)31-6/h11-13,15-16,31H,14H2,1-10H3;10,13-16H,11-12H2,1-9H3. The van der Waals surface area contributed by atoms with Gasteiger partial charge >= 0.3 is 0 Å². The van der Waals surface area contributed by atoms with Crippen molar-refractivity contribution in [2.45, 2.75) is 104 Å². The van der Waals surface area contributed by atoms with Gasteiger partial charge in [0.05, 0.1) is 56.9 Å². The highest BCUT2D eigenvalue weighted by atomic mass is 28.4. The maximum atomic E-state index is 12.8. The van der Waals surface area contributed by atoms with E-state index in [-0.39, 0.29) is 39.4 Å². The van der Waals surface area contributed by atoms with Crippen LogP contribution in [-0.4, -0.2) is 90.2 Å². The third kappa shape index (κ3) is 11.6. The van der Waals surface area contributed by atoms with Crippen LogP contribution in [0.25, 0.3) is 11.1 Å². The van der Waals surface area contributed by atoms with Crippen LogP contribution < -0.4 is 46.7 Å². The minimum atomic E-state index is -2.19. The molecule has 0 saturated heterocycles. The molecule has 4 aromatic carbocycles. The van der Waals surface area contributed by atoms with E-state index in [9.17, 15) is 14.7 Å². The number of hydrogen-bond donors (Lipinski definition) is 1. The van der Waals surface area contributed by atoms with E-state index in [2.05, 4.69) is 67.7 Å². The Kier molecular flexibility index (Phi) is 17.2. The Morgan fingerprint density at radius 3 is 1.28 bits per heavy atom. The van der Waals surface area contributed by atoms with Crippen molar-refractivity contribution in [3.05, 3.63) is 105 Å². The number of ketones is 2. The Balaban J connectivity index is 0.000000265. The molecule has 1 N–H and O–H groups in total. The van der Waals surface area contributed by atoms with E-state index >= 15 is 0 Å². The molecule has 0 atom stereocenters. The fourth-order valence-corrected chi connectivity index (χ4v) is 9.98. The van der Waals surface area contributed by atoms with Crippen molar-refractivity contribution in [1.82, 2.24) is 0 Å². The summed E-state index contributed by atoms with van der Waals surface area (Å²) in [6, 6.07) is 15.3. The molecule has 2 aliphatic rings. The first-order valence-electron chi connectivity index (χ1n) is 23.5. The summed E-state index contributed by atoms with van der Waals surface area (Å²) in [5.41, 5.74) is 6.66. The summed E-state index contributed by atoms with van der Waals surface area (Å²) >= 11 is 0. The summed E-state index contributed by atoms with van der Waals surface area (Å²) < 4.78 is 58.4. The van der Waals surface area contributed by atoms with E-state index in [1.165, 1.54) is 14.0 Å². The molecule has 0 saturated carbocycles. The van der Waals surface area contributed by atoms with Crippen LogP contribution in [0.1, 0.15) is 88.3 Å². The van der Waals surface area contributed by atoms with Crippen LogP contribution in [-0.2, 0) is 22.4 Å². The number of ether oxygens (including phenoxy) is 8. The minimum absolute atomic E-state index is 0.0170. The average Bonchev–Trinajstić information content (AvgIpc) is 3.57. The van der Waals surface area contributed by atoms with Gasteiger partial charge < -0.3 is 51.9 Å². The first-order chi connectivity index (χ1) is 33.3. The van der Waals surface area contributed by atoms with Gasteiger partial charge in [0.1, 0.15) is 17.3 Å². The molecule has 0 fully saturated rings. The molecule has 71 heavy (non-hydrogen) atoms. The number of aliphatic hydroxyl groups is 1. The maximum absolute atomic E-state index is 12.8. The van der Waals surface area contributed by atoms with E-state index in [0.29, 0.717) is 81.5 Å². The zero-order valence-electron chi connectivity index (χ0n) is 45.2. The lowest BCUT2D eigenvalue weighted by Gasteiger charge is -2.37. The van der Waals surface area contributed by atoms with Gasteiger partial charge in [-0.15, -0.1) is 0 Å². The van der Waals surface area contributed by atoms with Gasteiger partial charge in [-0.1, -0.05) is 53.7 Å². The van der Waals surface area contributed by atoms with Crippen molar-refractivity contribution in [2.24, 2.45) is 0 Å². The lowest BCUT2D eigenvalue weighted by molar-refractivity contribution is -0.115. The van der Waals surface area contributed by atoms with E-state index in [1.807, 2.05) is 48.5 Å². The summed E-state index contributed by atoms with van der Waals surface area (Å²) in [7, 11) is 8.35. The summed E-state index contributed by atoms with van der Waals surface area (Å²) in [6.07, 6.45) is 4.41. The van der Waals surface area contributed by atoms with Crippen molar-refractivity contribution in [2.75, 3.05) is 56.9 Å². The van der Waals surface area contributed by atoms with Gasteiger partial charge in [0.15, 0.2) is 46.1 Å². The lowest BCUT2D eigenvalue weighted by Crippen LogP contribution is -2.43. The van der Waals surface area contributed by atoms with Crippen molar-refractivity contribution < 1.29 is 61.4 Å². The number of rotatable bonds is 15. The van der Waals surface area contributed by atoms with Crippen molar-refractivity contribution in [3.8, 4) is 57.5 Å². The van der Waals surface area contributed by atoms with Crippen molar-refractivity contribution in [3.63, 3.8) is 0 Å². The molecule has 0 unspecified atom stereocenters. The van der Waals surface area contributed by atoms with Crippen molar-refractivity contribution in [1.29, 1.82) is 0 Å². The highest BCUT2D eigenvalue weighted by Crippen LogP contribution is 2.50. The number of methoxy groups -OCH3 is 8. The predicted octanol–water partition coefficient (Wildman–Crippen LogP) is 12.5. The summed E-state index contributed by atoms with van der Waals surface area (Å²) in [5.74, 6) is 5.32. The van der Waals surface area contributed by atoms with E-state index in [4.69, 9.17) is 46.7 Å². The average molecular weight is 1010 g/mol. The third-order valence-electron chi connectivity index (χ3n) is 14.0. The molecule has 2 aliphatic carbocycles. The van der Waals surface area contributed by atoms with E-state index in [1.54, 1.807) is 61.9 Å². The van der Waals surface area contributed by atoms with Gasteiger partial charge in [-0.05, 0) is 132 Å². The van der Waals surface area contributed by atoms with Crippen LogP contribution in [0.4, 0.5) is 0 Å². The number of hydrogen-bond acceptors (Lipinski definition) is 13. The second kappa shape index (κ2) is 22.0. The van der Waals surface area contributed by atoms with Crippen LogP contribution in [0.5, 0.6) is 57.5 Å². The Hall–Kier alpha value is -6.33. The molecule has 0 heterocycles. The highest BCUT2D eigenvalue weighted by Gasteiger charge is 2.41. The number of fused-ring (bicyclic) bond motifs is 2. The van der Waals surface area contributed by atoms with E-state index in [0.717, 1.165) is 33.4 Å². The van der Waals surface area contributed by atoms with Crippen LogP contribution >= 0.6 is 0 Å². The number of allylic oxidation sites excluding steroid dienone is 3. The summed E-state index contributed by atoms with van der Waals surface area (Å²) in [5, 5.41) is 11.0. The number of carbonyl (C=O) groups excluding carboxylic acids is 2. The number of Topliss-reactive ketones (excluding diaryl/α,β-unsaturated/α-hetero) is 1. The fraction of sp³-hybridized carbons (Fsp3) is 0.429. The number of carbonyl (C=O) groups is 2. The molecular weight excluding hydrogens is 937 g/mol. The molecular formula is C56H74O13Si2. The second-order valence-electron chi connectivity index (χ2n) is 20.5. The predicted molar refractivity (Wildman–Crippen MR) is 285 cm³/mol. The third-order valence-corrected chi connectivity index (χ3v) is 22.7. The molecule has 0 bridgehead atoms. The normalized spacial score (nSPS) is 13.9. The SMILES string of the molecule is COc1ccc(C2=CC(=O)CCc3c2cc(OC)c(OC)c3OC)cc1O[Si](C)(C)C(C)(C)C.COc1ccc(C2=CC(O)=C(C(C)=O)Cc3c2cc(OC)c(OC)c3OC)cc1O[Si](C)(C)C(C)(C)C. The molecule has 13 nitrogen and oxygen atoms in total. The topological polar surface area (TPSA) is 147 Å². The lowest BCUT2D eigenvalue weighted by atomic mass is 9.91. The van der Waals surface area contributed by atoms with Gasteiger partial charge in [-0.25, -0.2) is 0 Å². The van der Waals surface area contributed by atoms with Crippen LogP contribution in [0.15, 0.2) is 72.0 Å². The Labute approximate surface area is 422 Å². The van der Waals surface area contributed by atoms with Gasteiger partial charge in [0.25, 0.3) is 16.6 Å². The number of benzene rings is 4. The van der Waals surface area contributed by atoms with Crippen LogP contribution in [0, 0.1) is 0 Å². The monoisotopic (exact) mass is 1010 g/mol. The summed E-state index contributed by atoms with van der Waals surface area (Å²) in [6.45, 7) is 23.3. The molecule has 0 aliphatic heterocycles. The van der Waals surface area contributed by atoms with Gasteiger partial charge in [-0.2, -0.15) is 0 Å². The van der Waals surface area contributed by atoms with Crippen LogP contribution in [0.3, 0.4) is 0 Å². The molecule has 4 aromatic rings. The molecule has 0 radical (unpaired) electrons. The highest BCUT2D eigenvalue weighted by molar-refractivity contribution is 6.75. The minimum Gasteiger partial charge on any atom is -0.541 e.